The molecule has 5 fully saturated rings. The molecule has 5 rings (SSSR count). The SMILES string of the molecule is C=CC1C2CC3NC(CC4NC(C(CC(=O)O)C5NC(CC(N2)C1C)C(C)C5CCC(=O)O)C(C(=O)O)C4C)C(CC)C3C. The third-order valence-corrected chi connectivity index (χ3v) is 13.1. The predicted octanol–water partition coefficient (Wildman–Crippen LogP) is 3.18. The molecule has 5 saturated heterocycles. The Labute approximate surface area is 262 Å². The highest BCUT2D eigenvalue weighted by Gasteiger charge is 2.55. The van der Waals surface area contributed by atoms with E-state index in [1.807, 2.05) is 6.92 Å². The standard InChI is InChI=1S/C34H56N4O6/c1-7-19-15(3)23-12-25-17(5)21(9-10-29(39)40)32(37-25)22(11-30(41)42)33-31(34(43)44)18(6)26(38-33)14-28-20(8-2)16(4)24(36-28)13-27(19)35-23/h7,15-28,31-33,35-38H,1,8-14H2,2-6H3,(H,39,40)(H,41,42)(H,43,44). The van der Waals surface area contributed by atoms with Gasteiger partial charge in [-0.3, -0.25) is 14.4 Å². The smallest absolute Gasteiger partial charge is 0.308 e. The molecule has 44 heavy (non-hydrogen) atoms. The maximum absolute atomic E-state index is 12.9. The lowest BCUT2D eigenvalue weighted by molar-refractivity contribution is -0.145. The molecule has 0 aromatic rings. The molecule has 17 atom stereocenters. The second kappa shape index (κ2) is 13.4. The van der Waals surface area contributed by atoms with Gasteiger partial charge in [-0.15, -0.1) is 6.58 Å². The lowest BCUT2D eigenvalue weighted by Gasteiger charge is -2.35. The van der Waals surface area contributed by atoms with Crippen LogP contribution in [0.4, 0.5) is 0 Å². The number of fused-ring (bicyclic) bond motifs is 8. The minimum atomic E-state index is -0.954. The molecule has 0 aromatic carbocycles. The van der Waals surface area contributed by atoms with Crippen molar-refractivity contribution in [2.75, 3.05) is 0 Å². The van der Waals surface area contributed by atoms with Crippen molar-refractivity contribution in [2.24, 2.45) is 53.3 Å². The maximum Gasteiger partial charge on any atom is 0.308 e. The second-order valence-corrected chi connectivity index (χ2v) is 15.1. The van der Waals surface area contributed by atoms with Crippen LogP contribution in [0.15, 0.2) is 12.7 Å². The van der Waals surface area contributed by atoms with E-state index in [9.17, 15) is 29.7 Å². The lowest BCUT2D eigenvalue weighted by atomic mass is 9.72. The Balaban J connectivity index is 1.57. The van der Waals surface area contributed by atoms with Gasteiger partial charge in [0.1, 0.15) is 0 Å². The quantitative estimate of drug-likeness (QED) is 0.202. The first-order valence-corrected chi connectivity index (χ1v) is 17.2. The first kappa shape index (κ1) is 33.4. The molecule has 248 valence electrons. The van der Waals surface area contributed by atoms with Gasteiger partial charge in [-0.05, 0) is 67.1 Å². The van der Waals surface area contributed by atoms with Crippen LogP contribution in [0.2, 0.25) is 0 Å². The molecule has 0 spiro atoms. The lowest BCUT2D eigenvalue weighted by Crippen LogP contribution is -2.52. The van der Waals surface area contributed by atoms with Crippen LogP contribution < -0.4 is 21.3 Å². The van der Waals surface area contributed by atoms with Crippen molar-refractivity contribution in [3.63, 3.8) is 0 Å². The fourth-order valence-electron chi connectivity index (χ4n) is 10.7. The number of aliphatic carboxylic acids is 3. The van der Waals surface area contributed by atoms with Crippen LogP contribution in [0.3, 0.4) is 0 Å². The zero-order valence-corrected chi connectivity index (χ0v) is 27.1. The Morgan fingerprint density at radius 1 is 0.682 bits per heavy atom. The molecule has 0 aromatic heterocycles. The summed E-state index contributed by atoms with van der Waals surface area (Å²) < 4.78 is 0. The summed E-state index contributed by atoms with van der Waals surface area (Å²) in [5, 5.41) is 45.9. The number of hydrogen-bond donors (Lipinski definition) is 7. The van der Waals surface area contributed by atoms with Crippen LogP contribution in [0.25, 0.3) is 0 Å². The van der Waals surface area contributed by atoms with Crippen LogP contribution >= 0.6 is 0 Å². The third-order valence-electron chi connectivity index (χ3n) is 13.1. The molecule has 8 bridgehead atoms. The number of nitrogens with one attached hydrogen (secondary N) is 4. The van der Waals surface area contributed by atoms with Crippen LogP contribution in [-0.2, 0) is 14.4 Å². The summed E-state index contributed by atoms with van der Waals surface area (Å²) in [5.41, 5.74) is 0. The van der Waals surface area contributed by atoms with Crippen LogP contribution in [0.1, 0.15) is 79.6 Å². The zero-order chi connectivity index (χ0) is 32.0. The molecule has 5 aliphatic rings. The number of carbonyl (C=O) groups is 3. The van der Waals surface area contributed by atoms with Gasteiger partial charge in [-0.2, -0.15) is 0 Å². The Bertz CT molecular complexity index is 1090. The van der Waals surface area contributed by atoms with Gasteiger partial charge in [0.25, 0.3) is 0 Å². The molecule has 5 heterocycles. The molecule has 0 aliphatic carbocycles. The zero-order valence-electron chi connectivity index (χ0n) is 27.1. The van der Waals surface area contributed by atoms with E-state index in [0.29, 0.717) is 42.2 Å². The largest absolute Gasteiger partial charge is 0.481 e. The Morgan fingerprint density at radius 3 is 1.84 bits per heavy atom. The molecule has 10 nitrogen and oxygen atoms in total. The molecule has 17 unspecified atom stereocenters. The molecule has 5 aliphatic heterocycles. The summed E-state index contributed by atoms with van der Waals surface area (Å²) in [7, 11) is 0. The Morgan fingerprint density at radius 2 is 1.23 bits per heavy atom. The summed E-state index contributed by atoms with van der Waals surface area (Å²) in [6.45, 7) is 15.3. The van der Waals surface area contributed by atoms with Gasteiger partial charge in [0.15, 0.2) is 0 Å². The van der Waals surface area contributed by atoms with E-state index in [-0.39, 0.29) is 60.8 Å². The summed E-state index contributed by atoms with van der Waals surface area (Å²) in [4.78, 5) is 37.0. The van der Waals surface area contributed by atoms with Crippen LogP contribution in [-0.4, -0.2) is 81.6 Å². The molecule has 0 saturated carbocycles. The van der Waals surface area contributed by atoms with Crippen molar-refractivity contribution in [3.8, 4) is 0 Å². The summed E-state index contributed by atoms with van der Waals surface area (Å²) in [6.07, 6.45) is 6.08. The maximum atomic E-state index is 12.9. The first-order chi connectivity index (χ1) is 20.9. The third kappa shape index (κ3) is 6.20. The van der Waals surface area contributed by atoms with Crippen molar-refractivity contribution in [1.82, 2.24) is 21.3 Å². The highest BCUT2D eigenvalue weighted by atomic mass is 16.4. The van der Waals surface area contributed by atoms with Gasteiger partial charge < -0.3 is 36.6 Å². The van der Waals surface area contributed by atoms with Crippen LogP contribution in [0.5, 0.6) is 0 Å². The van der Waals surface area contributed by atoms with Gasteiger partial charge >= 0.3 is 17.9 Å². The Hall–Kier alpha value is -2.01. The van der Waals surface area contributed by atoms with Gasteiger partial charge in [0, 0.05) is 60.7 Å². The topological polar surface area (TPSA) is 160 Å². The summed E-state index contributed by atoms with van der Waals surface area (Å²) in [6, 6.07) is 0.294. The molecule has 0 amide bonds. The number of rotatable bonds is 8. The number of carboxylic acid groups (broad SMARTS) is 3. The van der Waals surface area contributed by atoms with Crippen molar-refractivity contribution in [3.05, 3.63) is 12.7 Å². The average Bonchev–Trinajstić information content (AvgIpc) is 3.63. The van der Waals surface area contributed by atoms with E-state index in [4.69, 9.17) is 0 Å². The molecular formula is C34H56N4O6. The minimum absolute atomic E-state index is 0.00318. The van der Waals surface area contributed by atoms with E-state index >= 15 is 0 Å². The van der Waals surface area contributed by atoms with Crippen molar-refractivity contribution >= 4 is 17.9 Å². The predicted molar refractivity (Wildman–Crippen MR) is 168 cm³/mol. The van der Waals surface area contributed by atoms with Gasteiger partial charge in [-0.1, -0.05) is 47.1 Å². The number of hydrogen-bond acceptors (Lipinski definition) is 7. The highest BCUT2D eigenvalue weighted by Crippen LogP contribution is 2.46. The second-order valence-electron chi connectivity index (χ2n) is 15.1. The van der Waals surface area contributed by atoms with Gasteiger partial charge in [0.05, 0.1) is 12.3 Å². The minimum Gasteiger partial charge on any atom is -0.481 e. The molecule has 7 N–H and O–H groups in total. The van der Waals surface area contributed by atoms with Crippen molar-refractivity contribution < 1.29 is 29.7 Å². The fourth-order valence-corrected chi connectivity index (χ4v) is 10.7. The normalized spacial score (nSPS) is 48.7. The highest BCUT2D eigenvalue weighted by molar-refractivity contribution is 5.73. The van der Waals surface area contributed by atoms with E-state index in [1.54, 1.807) is 0 Å². The molecular weight excluding hydrogens is 560 g/mol. The van der Waals surface area contributed by atoms with Gasteiger partial charge in [0.2, 0.25) is 0 Å². The first-order valence-electron chi connectivity index (χ1n) is 17.2. The van der Waals surface area contributed by atoms with Crippen molar-refractivity contribution in [2.45, 2.75) is 128 Å². The van der Waals surface area contributed by atoms with E-state index in [2.05, 4.69) is 61.6 Å². The molecule has 10 heteroatoms. The van der Waals surface area contributed by atoms with E-state index in [1.165, 1.54) is 0 Å². The van der Waals surface area contributed by atoms with E-state index in [0.717, 1.165) is 25.7 Å². The fraction of sp³-hybridized carbons (Fsp3) is 0.853. The Kier molecular flexibility index (Phi) is 10.1. The summed E-state index contributed by atoms with van der Waals surface area (Å²) in [5.74, 6) is -2.40. The number of carboxylic acids is 3. The van der Waals surface area contributed by atoms with Crippen LogP contribution in [0, 0.1) is 53.3 Å². The monoisotopic (exact) mass is 616 g/mol. The average molecular weight is 617 g/mol. The molecule has 0 radical (unpaired) electrons. The van der Waals surface area contributed by atoms with Crippen molar-refractivity contribution in [1.29, 1.82) is 0 Å². The summed E-state index contributed by atoms with van der Waals surface area (Å²) >= 11 is 0. The van der Waals surface area contributed by atoms with E-state index < -0.39 is 35.8 Å². The van der Waals surface area contributed by atoms with Gasteiger partial charge in [-0.25, -0.2) is 0 Å².